The fourth-order valence-corrected chi connectivity index (χ4v) is 3.25. The molecule has 0 spiro atoms. The summed E-state index contributed by atoms with van der Waals surface area (Å²) in [5, 5.41) is 19.5. The second-order valence-electron chi connectivity index (χ2n) is 7.02. The first kappa shape index (κ1) is 24.2. The van der Waals surface area contributed by atoms with Crippen molar-refractivity contribution in [3.8, 4) is 0 Å². The van der Waals surface area contributed by atoms with Gasteiger partial charge in [-0.15, -0.1) is 0 Å². The van der Waals surface area contributed by atoms with E-state index in [1.165, 1.54) is 0 Å². The van der Waals surface area contributed by atoms with Crippen LogP contribution in [0.3, 0.4) is 0 Å². The minimum absolute atomic E-state index is 0. The zero-order valence-corrected chi connectivity index (χ0v) is 17.8. The molecule has 0 amide bonds. The fraction of sp³-hybridized carbons (Fsp3) is 0.182. The number of aromatic amines is 2. The molecule has 0 aliphatic heterocycles. The minimum Gasteiger partial charge on any atom is -0.480 e. The monoisotopic (exact) mass is 463 g/mol. The van der Waals surface area contributed by atoms with Crippen molar-refractivity contribution in [2.24, 2.45) is 11.5 Å². The average Bonchev–Trinajstić information content (AvgIpc) is 3.33. The molecule has 8 nitrogen and oxygen atoms in total. The third-order valence-corrected chi connectivity index (χ3v) is 4.86. The zero-order valence-electron chi connectivity index (χ0n) is 16.6. The maximum Gasteiger partial charge on any atom is 0.320 e. The van der Waals surface area contributed by atoms with Crippen LogP contribution in [0, 0.1) is 0 Å². The number of carboxylic acids is 2. The normalized spacial score (nSPS) is 12.5. The van der Waals surface area contributed by atoms with Crippen LogP contribution in [0.2, 0.25) is 0 Å². The van der Waals surface area contributed by atoms with Crippen molar-refractivity contribution in [1.29, 1.82) is 0 Å². The molecule has 31 heavy (non-hydrogen) atoms. The summed E-state index contributed by atoms with van der Waals surface area (Å²) in [6, 6.07) is 13.8. The first-order chi connectivity index (χ1) is 14.4. The van der Waals surface area contributed by atoms with Crippen LogP contribution < -0.4 is 11.5 Å². The Hall–Kier alpha value is -3.10. The van der Waals surface area contributed by atoms with E-state index in [0.717, 1.165) is 32.9 Å². The SMILES string of the molecule is N[C@@H](Cc1c[nH]c2ccccc12)C(=O)O.N[C@@H](Cc1c[nH]c2ccccc12)C(=O)O.[Mn]. The number of fused-ring (bicyclic) bond motifs is 2. The maximum atomic E-state index is 10.6. The van der Waals surface area contributed by atoms with Crippen LogP contribution in [0.1, 0.15) is 11.1 Å². The molecule has 1 radical (unpaired) electrons. The molecule has 2 heterocycles. The van der Waals surface area contributed by atoms with Gasteiger partial charge in [0.15, 0.2) is 0 Å². The van der Waals surface area contributed by atoms with Crippen molar-refractivity contribution in [2.45, 2.75) is 24.9 Å². The second kappa shape index (κ2) is 10.8. The van der Waals surface area contributed by atoms with Gasteiger partial charge < -0.3 is 31.6 Å². The van der Waals surface area contributed by atoms with Crippen molar-refractivity contribution >= 4 is 33.7 Å². The van der Waals surface area contributed by atoms with Gasteiger partial charge in [-0.2, -0.15) is 0 Å². The molecule has 4 rings (SSSR count). The Labute approximate surface area is 189 Å². The standard InChI is InChI=1S/2C11H12N2O2.Mn/c2*12-9(11(14)15)5-7-6-13-10-4-2-1-3-8(7)10;/h2*1-4,6,9,13H,5,12H2,(H,14,15);/t2*9-;/m00./s1. The van der Waals surface area contributed by atoms with Gasteiger partial charge in [-0.05, 0) is 23.3 Å². The number of benzene rings is 2. The molecule has 8 N–H and O–H groups in total. The molecule has 4 aromatic rings. The number of nitrogens with two attached hydrogens (primary N) is 2. The van der Waals surface area contributed by atoms with Gasteiger partial charge in [0, 0.05) is 64.1 Å². The summed E-state index contributed by atoms with van der Waals surface area (Å²) in [4.78, 5) is 27.4. The Bertz CT molecular complexity index is 1080. The Kier molecular flexibility index (Phi) is 8.41. The van der Waals surface area contributed by atoms with E-state index < -0.39 is 24.0 Å². The number of aliphatic carboxylic acids is 2. The van der Waals surface area contributed by atoms with Gasteiger partial charge in [-0.1, -0.05) is 36.4 Å². The van der Waals surface area contributed by atoms with E-state index >= 15 is 0 Å². The maximum absolute atomic E-state index is 10.6. The van der Waals surface area contributed by atoms with Crippen LogP contribution in [0.15, 0.2) is 60.9 Å². The number of hydrogen-bond acceptors (Lipinski definition) is 4. The largest absolute Gasteiger partial charge is 0.480 e. The molecule has 2 aromatic heterocycles. The van der Waals surface area contributed by atoms with E-state index in [1.54, 1.807) is 0 Å². The van der Waals surface area contributed by atoms with Crippen LogP contribution in [-0.4, -0.2) is 44.2 Å². The fourth-order valence-electron chi connectivity index (χ4n) is 3.25. The first-order valence-corrected chi connectivity index (χ1v) is 9.43. The zero-order chi connectivity index (χ0) is 21.7. The van der Waals surface area contributed by atoms with E-state index in [9.17, 15) is 9.59 Å². The molecule has 0 fully saturated rings. The van der Waals surface area contributed by atoms with E-state index in [1.807, 2.05) is 60.9 Å². The molecule has 0 bridgehead atoms. The van der Waals surface area contributed by atoms with Gasteiger partial charge >= 0.3 is 11.9 Å². The van der Waals surface area contributed by atoms with E-state index in [4.69, 9.17) is 21.7 Å². The predicted octanol–water partition coefficient (Wildman–Crippen LogP) is 2.24. The van der Waals surface area contributed by atoms with Crippen molar-refractivity contribution < 1.29 is 36.9 Å². The number of aromatic nitrogens is 2. The average molecular weight is 463 g/mol. The summed E-state index contributed by atoms with van der Waals surface area (Å²) in [6.07, 6.45) is 4.32. The Balaban J connectivity index is 0.000000213. The van der Waals surface area contributed by atoms with Crippen LogP contribution in [-0.2, 0) is 39.5 Å². The Morgan fingerprint density at radius 2 is 1.10 bits per heavy atom. The number of H-pyrrole nitrogens is 2. The second-order valence-corrected chi connectivity index (χ2v) is 7.02. The number of nitrogens with one attached hydrogen (secondary N) is 2. The summed E-state index contributed by atoms with van der Waals surface area (Å²) >= 11 is 0. The molecular formula is C22H24MnN4O4. The first-order valence-electron chi connectivity index (χ1n) is 9.43. The van der Waals surface area contributed by atoms with Crippen molar-refractivity contribution in [1.82, 2.24) is 9.97 Å². The summed E-state index contributed by atoms with van der Waals surface area (Å²) in [5.41, 5.74) is 14.9. The van der Waals surface area contributed by atoms with Crippen LogP contribution in [0.4, 0.5) is 0 Å². The van der Waals surface area contributed by atoms with Gasteiger partial charge in [0.25, 0.3) is 0 Å². The number of carbonyl (C=O) groups is 2. The smallest absolute Gasteiger partial charge is 0.320 e. The summed E-state index contributed by atoms with van der Waals surface area (Å²) < 4.78 is 0. The third kappa shape index (κ3) is 5.96. The Morgan fingerprint density at radius 3 is 1.45 bits per heavy atom. The summed E-state index contributed by atoms with van der Waals surface area (Å²) in [6.45, 7) is 0. The minimum atomic E-state index is -0.972. The number of rotatable bonds is 6. The molecule has 0 aliphatic carbocycles. The molecule has 0 saturated carbocycles. The van der Waals surface area contributed by atoms with E-state index in [-0.39, 0.29) is 17.1 Å². The molecule has 9 heteroatoms. The summed E-state index contributed by atoms with van der Waals surface area (Å²) in [7, 11) is 0. The predicted molar refractivity (Wildman–Crippen MR) is 115 cm³/mol. The Morgan fingerprint density at radius 1 is 0.742 bits per heavy atom. The van der Waals surface area contributed by atoms with Crippen LogP contribution >= 0.6 is 0 Å². The summed E-state index contributed by atoms with van der Waals surface area (Å²) in [5.74, 6) is -1.94. The van der Waals surface area contributed by atoms with Crippen LogP contribution in [0.25, 0.3) is 21.8 Å². The molecule has 0 saturated heterocycles. The topological polar surface area (TPSA) is 158 Å². The van der Waals surface area contributed by atoms with Gasteiger partial charge in [0.1, 0.15) is 12.1 Å². The van der Waals surface area contributed by atoms with Crippen molar-refractivity contribution in [2.75, 3.05) is 0 Å². The number of para-hydroxylation sites is 2. The van der Waals surface area contributed by atoms with Gasteiger partial charge in [0.05, 0.1) is 0 Å². The van der Waals surface area contributed by atoms with Gasteiger partial charge in [-0.3, -0.25) is 9.59 Å². The molecule has 0 unspecified atom stereocenters. The molecule has 2 atom stereocenters. The van der Waals surface area contributed by atoms with Crippen molar-refractivity contribution in [3.63, 3.8) is 0 Å². The number of hydrogen-bond donors (Lipinski definition) is 6. The third-order valence-electron chi connectivity index (χ3n) is 4.86. The van der Waals surface area contributed by atoms with Gasteiger partial charge in [0.2, 0.25) is 0 Å². The molecule has 0 aliphatic rings. The molecule has 163 valence electrons. The molecule has 2 aromatic carbocycles. The number of carboxylic acid groups (broad SMARTS) is 2. The molecular weight excluding hydrogens is 439 g/mol. The van der Waals surface area contributed by atoms with Gasteiger partial charge in [-0.25, -0.2) is 0 Å². The van der Waals surface area contributed by atoms with E-state index in [0.29, 0.717) is 12.8 Å². The van der Waals surface area contributed by atoms with Crippen molar-refractivity contribution in [3.05, 3.63) is 72.1 Å². The van der Waals surface area contributed by atoms with Crippen LogP contribution in [0.5, 0.6) is 0 Å². The van der Waals surface area contributed by atoms with E-state index in [2.05, 4.69) is 9.97 Å². The quantitative estimate of drug-likeness (QED) is 0.241.